The Kier molecular flexibility index (Phi) is 7.17. The van der Waals surface area contributed by atoms with Crippen LogP contribution in [0.15, 0.2) is 12.7 Å². The smallest absolute Gasteiger partial charge is 0.490 e. The predicted molar refractivity (Wildman–Crippen MR) is 102 cm³/mol. The number of phosphoric acid groups is 3. The second kappa shape index (κ2) is 9.02. The number of aromatic hydroxyl groups is 1. The summed E-state index contributed by atoms with van der Waals surface area (Å²) in [6.45, 7) is 0.573. The van der Waals surface area contributed by atoms with Gasteiger partial charge in [0, 0.05) is 0 Å². The SMILES string of the molecule is CC[C@@]1(n2cnc3c(O)ncnc32)O[C@H](COP(=O)(O)OP(=O)(O)OP(=O)(O)O)[C@@H](O)[C@H]1O. The first kappa shape index (κ1) is 26.2. The van der Waals surface area contributed by atoms with Gasteiger partial charge in [-0.1, -0.05) is 6.92 Å². The molecule has 3 rings (SSSR count). The Morgan fingerprint density at radius 2 is 1.76 bits per heavy atom. The van der Waals surface area contributed by atoms with E-state index in [9.17, 15) is 38.8 Å². The number of aliphatic hydroxyl groups is 2. The van der Waals surface area contributed by atoms with Gasteiger partial charge in [0.2, 0.25) is 5.88 Å². The third kappa shape index (κ3) is 5.49. The van der Waals surface area contributed by atoms with E-state index in [2.05, 4.69) is 28.1 Å². The quantitative estimate of drug-likeness (QED) is 0.190. The maximum Gasteiger partial charge on any atom is 0.490 e. The van der Waals surface area contributed by atoms with Crippen molar-refractivity contribution in [3.05, 3.63) is 12.7 Å². The zero-order valence-electron chi connectivity index (χ0n) is 16.4. The van der Waals surface area contributed by atoms with Gasteiger partial charge in [-0.3, -0.25) is 9.09 Å². The molecule has 21 heteroatoms. The Labute approximate surface area is 183 Å². The topological polar surface area (TPSA) is 273 Å². The molecular weight excluding hydrogens is 517 g/mol. The van der Waals surface area contributed by atoms with Crippen molar-refractivity contribution in [3.63, 3.8) is 0 Å². The fourth-order valence-corrected chi connectivity index (χ4v) is 6.27. The Hall–Kier alpha value is -1.36. The van der Waals surface area contributed by atoms with Gasteiger partial charge in [-0.2, -0.15) is 13.6 Å². The van der Waals surface area contributed by atoms with E-state index >= 15 is 0 Å². The summed E-state index contributed by atoms with van der Waals surface area (Å²) in [6, 6.07) is 0. The van der Waals surface area contributed by atoms with E-state index in [1.54, 1.807) is 6.92 Å². The molecule has 0 aliphatic carbocycles. The van der Waals surface area contributed by atoms with Crippen molar-refractivity contribution < 1.29 is 66.5 Å². The fourth-order valence-electron chi connectivity index (χ4n) is 3.24. The molecule has 0 radical (unpaired) electrons. The first-order valence-corrected chi connectivity index (χ1v) is 13.3. The lowest BCUT2D eigenvalue weighted by atomic mass is 10.00. The molecule has 0 amide bonds. The lowest BCUT2D eigenvalue weighted by Crippen LogP contribution is -2.45. The number of nitrogens with zero attached hydrogens (tertiary/aromatic N) is 4. The van der Waals surface area contributed by atoms with Crippen molar-refractivity contribution in [3.8, 4) is 5.88 Å². The molecule has 1 saturated heterocycles. The van der Waals surface area contributed by atoms with Crippen LogP contribution in [0.4, 0.5) is 0 Å². The number of ether oxygens (including phenoxy) is 1. The Morgan fingerprint density at radius 1 is 1.09 bits per heavy atom. The molecule has 3 heterocycles. The molecule has 0 saturated carbocycles. The number of fused-ring (bicyclic) bond motifs is 1. The zero-order valence-corrected chi connectivity index (χ0v) is 19.1. The van der Waals surface area contributed by atoms with Crippen LogP contribution in [0.25, 0.3) is 11.2 Å². The Bertz CT molecular complexity index is 1170. The van der Waals surface area contributed by atoms with E-state index in [4.69, 9.17) is 14.5 Å². The summed E-state index contributed by atoms with van der Waals surface area (Å²) in [5.41, 5.74) is -1.74. The summed E-state index contributed by atoms with van der Waals surface area (Å²) in [6.07, 6.45) is -2.75. The third-order valence-electron chi connectivity index (χ3n) is 4.57. The van der Waals surface area contributed by atoms with Crippen LogP contribution in [0.5, 0.6) is 5.88 Å². The van der Waals surface area contributed by atoms with Gasteiger partial charge in [-0.15, -0.1) is 0 Å². The van der Waals surface area contributed by atoms with Crippen LogP contribution in [0.1, 0.15) is 13.3 Å². The molecule has 0 spiro atoms. The molecule has 18 nitrogen and oxygen atoms in total. The van der Waals surface area contributed by atoms with Crippen LogP contribution in [0.2, 0.25) is 0 Å². The number of imidazole rings is 1. The van der Waals surface area contributed by atoms with Gasteiger partial charge in [0.05, 0.1) is 12.9 Å². The average Bonchev–Trinajstić information content (AvgIpc) is 3.20. The predicted octanol–water partition coefficient (Wildman–Crippen LogP) is -0.941. The largest absolute Gasteiger partial charge is 0.492 e. The minimum absolute atomic E-state index is 0.00674. The summed E-state index contributed by atoms with van der Waals surface area (Å²) < 4.78 is 52.6. The molecule has 2 unspecified atom stereocenters. The van der Waals surface area contributed by atoms with E-state index in [-0.39, 0.29) is 17.6 Å². The molecule has 186 valence electrons. The first-order chi connectivity index (χ1) is 15.1. The second-order valence-electron chi connectivity index (χ2n) is 6.66. The van der Waals surface area contributed by atoms with Crippen LogP contribution in [0.3, 0.4) is 0 Å². The maximum atomic E-state index is 11.9. The highest BCUT2D eigenvalue weighted by molar-refractivity contribution is 7.66. The number of phosphoric ester groups is 1. The lowest BCUT2D eigenvalue weighted by Gasteiger charge is -2.32. The van der Waals surface area contributed by atoms with Crippen molar-refractivity contribution >= 4 is 34.6 Å². The molecule has 2 aromatic rings. The fraction of sp³-hybridized carbons (Fsp3) is 0.583. The minimum atomic E-state index is -5.73. The highest BCUT2D eigenvalue weighted by Gasteiger charge is 2.56. The monoisotopic (exact) mass is 536 g/mol. The summed E-state index contributed by atoms with van der Waals surface area (Å²) in [4.78, 5) is 47.3. The molecule has 1 aliphatic heterocycles. The Morgan fingerprint density at radius 3 is 2.36 bits per heavy atom. The van der Waals surface area contributed by atoms with Crippen molar-refractivity contribution in [1.82, 2.24) is 19.5 Å². The van der Waals surface area contributed by atoms with E-state index in [0.29, 0.717) is 0 Å². The standard InChI is InChI=1S/C12H19N4O14P3/c1-2-12(16-5-15-7-10(16)13-4-14-11(7)19)9(18)8(17)6(28-12)3-27-32(23,24)30-33(25,26)29-31(20,21)22/h4-6,8-9,17-18H,2-3H2,1H3,(H,23,24)(H,25,26)(H,13,14,19)(H2,20,21,22)/t6-,8-,9-,12-/m1/s1. The normalized spacial score (nSPS) is 29.7. The van der Waals surface area contributed by atoms with E-state index < -0.39 is 60.0 Å². The summed E-state index contributed by atoms with van der Waals surface area (Å²) in [5.74, 6) is -0.456. The highest BCUT2D eigenvalue weighted by Crippen LogP contribution is 2.66. The average molecular weight is 536 g/mol. The molecule has 33 heavy (non-hydrogen) atoms. The summed E-state index contributed by atoms with van der Waals surface area (Å²) in [7, 11) is -16.8. The molecule has 0 bridgehead atoms. The number of aliphatic hydroxyl groups excluding tert-OH is 2. The van der Waals surface area contributed by atoms with Crippen molar-refractivity contribution in [2.75, 3.05) is 6.61 Å². The van der Waals surface area contributed by atoms with Gasteiger partial charge in [0.15, 0.2) is 16.9 Å². The van der Waals surface area contributed by atoms with Crippen LogP contribution in [0, 0.1) is 0 Å². The first-order valence-electron chi connectivity index (χ1n) is 8.80. The Balaban J connectivity index is 1.79. The molecule has 1 fully saturated rings. The molecule has 1 aliphatic rings. The van der Waals surface area contributed by atoms with Gasteiger partial charge in [0.1, 0.15) is 24.6 Å². The number of hydrogen-bond donors (Lipinski definition) is 7. The van der Waals surface area contributed by atoms with E-state index in [1.807, 2.05) is 0 Å². The minimum Gasteiger partial charge on any atom is -0.492 e. The number of rotatable bonds is 9. The third-order valence-corrected chi connectivity index (χ3v) is 8.37. The molecule has 0 aromatic carbocycles. The van der Waals surface area contributed by atoms with E-state index in [0.717, 1.165) is 12.7 Å². The number of hydrogen-bond acceptors (Lipinski definition) is 13. The second-order valence-corrected chi connectivity index (χ2v) is 11.1. The van der Waals surface area contributed by atoms with Crippen LogP contribution in [-0.2, 0) is 37.3 Å². The highest BCUT2D eigenvalue weighted by atomic mass is 31.3. The molecule has 2 aromatic heterocycles. The zero-order chi connectivity index (χ0) is 24.8. The lowest BCUT2D eigenvalue weighted by molar-refractivity contribution is -0.147. The van der Waals surface area contributed by atoms with Gasteiger partial charge < -0.3 is 39.6 Å². The molecular formula is C12H19N4O14P3. The van der Waals surface area contributed by atoms with Gasteiger partial charge in [0.25, 0.3) is 0 Å². The molecule has 6 atom stereocenters. The summed E-state index contributed by atoms with van der Waals surface area (Å²) in [5, 5.41) is 30.9. The summed E-state index contributed by atoms with van der Waals surface area (Å²) >= 11 is 0. The molecule has 7 N–H and O–H groups in total. The van der Waals surface area contributed by atoms with Gasteiger partial charge in [-0.25, -0.2) is 23.7 Å². The van der Waals surface area contributed by atoms with Gasteiger partial charge >= 0.3 is 23.5 Å². The van der Waals surface area contributed by atoms with Crippen molar-refractivity contribution in [1.29, 1.82) is 0 Å². The van der Waals surface area contributed by atoms with Crippen molar-refractivity contribution in [2.45, 2.75) is 37.4 Å². The van der Waals surface area contributed by atoms with Crippen LogP contribution >= 0.6 is 23.5 Å². The van der Waals surface area contributed by atoms with E-state index in [1.165, 1.54) is 4.57 Å². The van der Waals surface area contributed by atoms with Crippen LogP contribution < -0.4 is 0 Å². The van der Waals surface area contributed by atoms with Crippen molar-refractivity contribution in [2.24, 2.45) is 0 Å². The van der Waals surface area contributed by atoms with Gasteiger partial charge in [-0.05, 0) is 6.42 Å². The maximum absolute atomic E-state index is 11.9. The van der Waals surface area contributed by atoms with Crippen LogP contribution in [-0.4, -0.2) is 79.3 Å². The number of aromatic nitrogens is 4.